The molecule has 0 aromatic carbocycles. The normalized spacial score (nSPS) is 21.5. The van der Waals surface area contributed by atoms with Crippen LogP contribution in [-0.2, 0) is 4.79 Å². The number of aromatic nitrogens is 3. The number of carbonyl (C=O) groups excluding carboxylic acids is 1. The molecule has 1 unspecified atom stereocenters. The Hall–Kier alpha value is -1.77. The van der Waals surface area contributed by atoms with Gasteiger partial charge in [-0.25, -0.2) is 0 Å². The minimum absolute atomic E-state index is 0.00407. The first-order valence-electron chi connectivity index (χ1n) is 8.17. The van der Waals surface area contributed by atoms with Crippen LogP contribution in [0.1, 0.15) is 12.8 Å². The van der Waals surface area contributed by atoms with Crippen molar-refractivity contribution in [2.75, 3.05) is 56.8 Å². The molecular formula is C15H23N5O3S. The molecule has 2 aliphatic rings. The number of rotatable bonds is 4. The number of hydrogen-bond donors (Lipinski definition) is 0. The van der Waals surface area contributed by atoms with Crippen LogP contribution in [0.3, 0.4) is 0 Å². The molecule has 0 N–H and O–H groups in total. The summed E-state index contributed by atoms with van der Waals surface area (Å²) in [5.41, 5.74) is 0. The predicted molar refractivity (Wildman–Crippen MR) is 91.8 cm³/mol. The first-order chi connectivity index (χ1) is 11.7. The third-order valence-corrected chi connectivity index (χ3v) is 5.27. The molecule has 2 saturated heterocycles. The standard InChI is InChI=1S/C15H23N5O3S/c1-22-14-16-13(17-15(18-14)23-2)20-5-3-4-11(10-20)12(21)19-6-8-24-9-7-19/h11H,3-10H2,1-2H3. The van der Waals surface area contributed by atoms with Crippen LogP contribution in [-0.4, -0.2) is 77.7 Å². The van der Waals surface area contributed by atoms with Crippen molar-refractivity contribution in [2.45, 2.75) is 12.8 Å². The minimum Gasteiger partial charge on any atom is -0.467 e. The highest BCUT2D eigenvalue weighted by molar-refractivity contribution is 7.99. The largest absolute Gasteiger partial charge is 0.467 e. The molecule has 1 aromatic heterocycles. The second-order valence-electron chi connectivity index (χ2n) is 5.83. The molecule has 3 heterocycles. The van der Waals surface area contributed by atoms with Gasteiger partial charge in [0.25, 0.3) is 0 Å². The van der Waals surface area contributed by atoms with Gasteiger partial charge in [-0.15, -0.1) is 4.98 Å². The van der Waals surface area contributed by atoms with Crippen molar-refractivity contribution < 1.29 is 14.3 Å². The Labute approximate surface area is 145 Å². The zero-order valence-electron chi connectivity index (χ0n) is 14.1. The average Bonchev–Trinajstić information content (AvgIpc) is 2.67. The fourth-order valence-electron chi connectivity index (χ4n) is 3.05. The monoisotopic (exact) mass is 353 g/mol. The molecule has 0 spiro atoms. The summed E-state index contributed by atoms with van der Waals surface area (Å²) >= 11 is 1.91. The lowest BCUT2D eigenvalue weighted by Gasteiger charge is -2.36. The molecule has 24 heavy (non-hydrogen) atoms. The van der Waals surface area contributed by atoms with Crippen molar-refractivity contribution in [3.05, 3.63) is 0 Å². The van der Waals surface area contributed by atoms with Crippen LogP contribution in [0.5, 0.6) is 12.0 Å². The molecule has 132 valence electrons. The van der Waals surface area contributed by atoms with E-state index in [0.29, 0.717) is 12.5 Å². The van der Waals surface area contributed by atoms with Gasteiger partial charge in [0.15, 0.2) is 0 Å². The van der Waals surface area contributed by atoms with E-state index < -0.39 is 0 Å². The molecular weight excluding hydrogens is 330 g/mol. The number of ether oxygens (including phenoxy) is 2. The Morgan fingerprint density at radius 3 is 2.38 bits per heavy atom. The molecule has 1 aromatic rings. The van der Waals surface area contributed by atoms with E-state index in [1.54, 1.807) is 0 Å². The van der Waals surface area contributed by atoms with E-state index >= 15 is 0 Å². The van der Waals surface area contributed by atoms with Gasteiger partial charge in [0, 0.05) is 37.7 Å². The predicted octanol–water partition coefficient (Wildman–Crippen LogP) is 0.681. The van der Waals surface area contributed by atoms with Crippen molar-refractivity contribution in [1.29, 1.82) is 0 Å². The maximum absolute atomic E-state index is 12.8. The van der Waals surface area contributed by atoms with Gasteiger partial charge in [-0.2, -0.15) is 21.7 Å². The van der Waals surface area contributed by atoms with E-state index in [2.05, 4.69) is 15.0 Å². The fraction of sp³-hybridized carbons (Fsp3) is 0.733. The average molecular weight is 353 g/mol. The van der Waals surface area contributed by atoms with Crippen molar-refractivity contribution in [2.24, 2.45) is 5.92 Å². The summed E-state index contributed by atoms with van der Waals surface area (Å²) in [6, 6.07) is 0.441. The third kappa shape index (κ3) is 3.82. The topological polar surface area (TPSA) is 80.7 Å². The molecule has 1 amide bonds. The molecule has 9 heteroatoms. The van der Waals surface area contributed by atoms with Crippen LogP contribution < -0.4 is 14.4 Å². The number of nitrogens with zero attached hydrogens (tertiary/aromatic N) is 5. The molecule has 1 atom stereocenters. The van der Waals surface area contributed by atoms with Gasteiger partial charge in [-0.05, 0) is 12.8 Å². The van der Waals surface area contributed by atoms with Crippen molar-refractivity contribution in [1.82, 2.24) is 19.9 Å². The second kappa shape index (κ2) is 7.87. The highest BCUT2D eigenvalue weighted by Crippen LogP contribution is 2.25. The van der Waals surface area contributed by atoms with E-state index in [-0.39, 0.29) is 23.8 Å². The molecule has 2 fully saturated rings. The lowest BCUT2D eigenvalue weighted by molar-refractivity contribution is -0.135. The van der Waals surface area contributed by atoms with Gasteiger partial charge in [-0.1, -0.05) is 0 Å². The summed E-state index contributed by atoms with van der Waals surface area (Å²) in [4.78, 5) is 29.4. The molecule has 8 nitrogen and oxygen atoms in total. The number of amides is 1. The van der Waals surface area contributed by atoms with E-state index in [0.717, 1.165) is 44.0 Å². The van der Waals surface area contributed by atoms with Gasteiger partial charge in [-0.3, -0.25) is 4.79 Å². The van der Waals surface area contributed by atoms with E-state index in [1.807, 2.05) is 21.6 Å². The molecule has 0 bridgehead atoms. The first kappa shape index (κ1) is 17.1. The number of piperidine rings is 1. The molecule has 0 saturated carbocycles. The van der Waals surface area contributed by atoms with Crippen LogP contribution in [0.15, 0.2) is 0 Å². The highest BCUT2D eigenvalue weighted by atomic mass is 32.2. The summed E-state index contributed by atoms with van der Waals surface area (Å²) < 4.78 is 10.2. The van der Waals surface area contributed by atoms with Crippen molar-refractivity contribution >= 4 is 23.6 Å². The van der Waals surface area contributed by atoms with Crippen LogP contribution in [0.2, 0.25) is 0 Å². The molecule has 3 rings (SSSR count). The van der Waals surface area contributed by atoms with Gasteiger partial charge >= 0.3 is 12.0 Å². The smallest absolute Gasteiger partial charge is 0.324 e. The Bertz CT molecular complexity index is 560. The summed E-state index contributed by atoms with van der Waals surface area (Å²) in [6.45, 7) is 3.15. The zero-order chi connectivity index (χ0) is 16.9. The maximum Gasteiger partial charge on any atom is 0.324 e. The summed E-state index contributed by atoms with van der Waals surface area (Å²) in [7, 11) is 3.02. The maximum atomic E-state index is 12.8. The van der Waals surface area contributed by atoms with Gasteiger partial charge in [0.1, 0.15) is 0 Å². The molecule has 2 aliphatic heterocycles. The van der Waals surface area contributed by atoms with Crippen molar-refractivity contribution in [3.63, 3.8) is 0 Å². The number of thioether (sulfide) groups is 1. The van der Waals surface area contributed by atoms with Crippen LogP contribution >= 0.6 is 11.8 Å². The van der Waals surface area contributed by atoms with Crippen LogP contribution in [0.25, 0.3) is 0 Å². The van der Waals surface area contributed by atoms with Gasteiger partial charge in [0.2, 0.25) is 11.9 Å². The van der Waals surface area contributed by atoms with E-state index in [9.17, 15) is 4.79 Å². The Morgan fingerprint density at radius 1 is 1.08 bits per heavy atom. The summed E-state index contributed by atoms with van der Waals surface area (Å²) in [6.07, 6.45) is 1.85. The SMILES string of the molecule is COc1nc(OC)nc(N2CCCC(C(=O)N3CCSCC3)C2)n1. The Kier molecular flexibility index (Phi) is 5.60. The summed E-state index contributed by atoms with van der Waals surface area (Å²) in [5, 5.41) is 0. The summed E-state index contributed by atoms with van der Waals surface area (Å²) in [5.74, 6) is 2.82. The fourth-order valence-corrected chi connectivity index (χ4v) is 3.96. The number of anilines is 1. The van der Waals surface area contributed by atoms with Gasteiger partial charge in [0.05, 0.1) is 20.1 Å². The number of methoxy groups -OCH3 is 2. The van der Waals surface area contributed by atoms with Crippen molar-refractivity contribution in [3.8, 4) is 12.0 Å². The number of carbonyl (C=O) groups is 1. The lowest BCUT2D eigenvalue weighted by atomic mass is 9.96. The highest BCUT2D eigenvalue weighted by Gasteiger charge is 2.31. The molecule has 0 aliphatic carbocycles. The van der Waals surface area contributed by atoms with E-state index in [4.69, 9.17) is 9.47 Å². The van der Waals surface area contributed by atoms with Gasteiger partial charge < -0.3 is 19.3 Å². The first-order valence-corrected chi connectivity index (χ1v) is 9.32. The van der Waals surface area contributed by atoms with Crippen LogP contribution in [0.4, 0.5) is 5.95 Å². The Balaban J connectivity index is 1.72. The second-order valence-corrected chi connectivity index (χ2v) is 7.06. The van der Waals surface area contributed by atoms with E-state index in [1.165, 1.54) is 14.2 Å². The number of hydrogen-bond acceptors (Lipinski definition) is 8. The Morgan fingerprint density at radius 2 is 1.75 bits per heavy atom. The molecule has 0 radical (unpaired) electrons. The lowest BCUT2D eigenvalue weighted by Crippen LogP contribution is -2.47. The quantitative estimate of drug-likeness (QED) is 0.782. The zero-order valence-corrected chi connectivity index (χ0v) is 14.9. The third-order valence-electron chi connectivity index (χ3n) is 4.32. The van der Waals surface area contributed by atoms with Crippen LogP contribution in [0, 0.1) is 5.92 Å². The minimum atomic E-state index is -0.00407.